The highest BCUT2D eigenvalue weighted by atomic mass is 14.9. The highest BCUT2D eigenvalue weighted by molar-refractivity contribution is 5.25. The zero-order chi connectivity index (χ0) is 15.0. The van der Waals surface area contributed by atoms with Crippen molar-refractivity contribution in [2.75, 3.05) is 0 Å². The van der Waals surface area contributed by atoms with Gasteiger partial charge in [0.1, 0.15) is 0 Å². The molecule has 0 fully saturated rings. The number of nitrogens with one attached hydrogen (secondary N) is 1. The fraction of sp³-hybridized carbons (Fsp3) is 0.684. The molecule has 0 bridgehead atoms. The van der Waals surface area contributed by atoms with Crippen molar-refractivity contribution in [3.05, 3.63) is 35.4 Å². The third kappa shape index (κ3) is 6.09. The first kappa shape index (κ1) is 17.2. The van der Waals surface area contributed by atoms with Crippen LogP contribution in [0.1, 0.15) is 77.5 Å². The molecule has 0 spiro atoms. The van der Waals surface area contributed by atoms with E-state index >= 15 is 0 Å². The van der Waals surface area contributed by atoms with Crippen molar-refractivity contribution in [1.82, 2.24) is 5.32 Å². The Balaban J connectivity index is 2.55. The smallest absolute Gasteiger partial charge is 0.0294 e. The molecule has 0 aliphatic carbocycles. The monoisotopic (exact) mass is 275 g/mol. The van der Waals surface area contributed by atoms with Crippen LogP contribution in [0.5, 0.6) is 0 Å². The Labute approximate surface area is 126 Å². The maximum absolute atomic E-state index is 3.78. The van der Waals surface area contributed by atoms with Crippen LogP contribution < -0.4 is 5.32 Å². The highest BCUT2D eigenvalue weighted by Crippen LogP contribution is 2.17. The molecule has 1 rings (SSSR count). The lowest BCUT2D eigenvalue weighted by atomic mass is 9.99. The van der Waals surface area contributed by atoms with Crippen LogP contribution in [-0.2, 0) is 6.42 Å². The molecule has 0 amide bonds. The van der Waals surface area contributed by atoms with Crippen LogP contribution in [0.2, 0.25) is 0 Å². The normalized spacial score (nSPS) is 14.5. The van der Waals surface area contributed by atoms with Gasteiger partial charge in [0.15, 0.2) is 0 Å². The molecule has 0 saturated heterocycles. The summed E-state index contributed by atoms with van der Waals surface area (Å²) in [5.74, 6) is 0.731. The Morgan fingerprint density at radius 1 is 1.00 bits per heavy atom. The van der Waals surface area contributed by atoms with Crippen LogP contribution in [0, 0.1) is 5.92 Å². The predicted octanol–water partition coefficient (Wildman–Crippen LogP) is 5.50. The van der Waals surface area contributed by atoms with Crippen molar-refractivity contribution in [1.29, 1.82) is 0 Å². The molecule has 2 atom stereocenters. The lowest BCUT2D eigenvalue weighted by Crippen LogP contribution is -2.30. The van der Waals surface area contributed by atoms with Gasteiger partial charge in [-0.05, 0) is 43.2 Å². The number of hydrogen-bond donors (Lipinski definition) is 1. The van der Waals surface area contributed by atoms with E-state index in [2.05, 4.69) is 64.2 Å². The highest BCUT2D eigenvalue weighted by Gasteiger charge is 2.11. The maximum Gasteiger partial charge on any atom is 0.0294 e. The van der Waals surface area contributed by atoms with E-state index in [1.165, 1.54) is 43.2 Å². The standard InChI is InChI=1S/C19H33N/c1-6-8-9-19(7-2)20-16(5)18-12-10-17(11-13-18)14-15(3)4/h10-13,15-16,19-20H,6-9,14H2,1-5H3. The second-order valence-electron chi connectivity index (χ2n) is 6.48. The van der Waals surface area contributed by atoms with Gasteiger partial charge in [0, 0.05) is 12.1 Å². The largest absolute Gasteiger partial charge is 0.307 e. The molecule has 1 nitrogen and oxygen atoms in total. The molecule has 1 aromatic carbocycles. The SMILES string of the molecule is CCCCC(CC)NC(C)c1ccc(CC(C)C)cc1. The van der Waals surface area contributed by atoms with E-state index < -0.39 is 0 Å². The minimum Gasteiger partial charge on any atom is -0.307 e. The lowest BCUT2D eigenvalue weighted by Gasteiger charge is -2.23. The molecule has 1 N–H and O–H groups in total. The first-order chi connectivity index (χ1) is 9.56. The Morgan fingerprint density at radius 3 is 2.15 bits per heavy atom. The molecule has 2 unspecified atom stereocenters. The zero-order valence-corrected chi connectivity index (χ0v) is 14.1. The van der Waals surface area contributed by atoms with Gasteiger partial charge in [-0.2, -0.15) is 0 Å². The molecular weight excluding hydrogens is 242 g/mol. The fourth-order valence-electron chi connectivity index (χ4n) is 2.72. The van der Waals surface area contributed by atoms with Crippen molar-refractivity contribution >= 4 is 0 Å². The van der Waals surface area contributed by atoms with Crippen molar-refractivity contribution in [2.24, 2.45) is 5.92 Å². The fourth-order valence-corrected chi connectivity index (χ4v) is 2.72. The average Bonchev–Trinajstić information content (AvgIpc) is 2.43. The molecule has 20 heavy (non-hydrogen) atoms. The summed E-state index contributed by atoms with van der Waals surface area (Å²) in [6.45, 7) is 11.4. The summed E-state index contributed by atoms with van der Waals surface area (Å²) in [6.07, 6.45) is 6.30. The minimum absolute atomic E-state index is 0.449. The average molecular weight is 275 g/mol. The van der Waals surface area contributed by atoms with Crippen LogP contribution in [0.4, 0.5) is 0 Å². The van der Waals surface area contributed by atoms with E-state index in [1.54, 1.807) is 0 Å². The third-order valence-electron chi connectivity index (χ3n) is 4.01. The topological polar surface area (TPSA) is 12.0 Å². The molecule has 0 aromatic heterocycles. The Morgan fingerprint density at radius 2 is 1.65 bits per heavy atom. The molecule has 0 aliphatic rings. The molecule has 1 aromatic rings. The van der Waals surface area contributed by atoms with Gasteiger partial charge < -0.3 is 5.32 Å². The van der Waals surface area contributed by atoms with Gasteiger partial charge in [-0.3, -0.25) is 0 Å². The van der Waals surface area contributed by atoms with Gasteiger partial charge in [0.2, 0.25) is 0 Å². The van der Waals surface area contributed by atoms with Gasteiger partial charge in [-0.25, -0.2) is 0 Å². The van der Waals surface area contributed by atoms with E-state index in [1.807, 2.05) is 0 Å². The molecule has 0 saturated carbocycles. The summed E-state index contributed by atoms with van der Waals surface area (Å²) in [6, 6.07) is 10.3. The van der Waals surface area contributed by atoms with Gasteiger partial charge in [0.05, 0.1) is 0 Å². The summed E-state index contributed by atoms with van der Waals surface area (Å²) in [5, 5.41) is 3.78. The first-order valence-electron chi connectivity index (χ1n) is 8.41. The molecule has 0 heterocycles. The minimum atomic E-state index is 0.449. The summed E-state index contributed by atoms with van der Waals surface area (Å²) in [7, 11) is 0. The number of unbranched alkanes of at least 4 members (excludes halogenated alkanes) is 1. The van der Waals surface area contributed by atoms with Crippen molar-refractivity contribution in [3.63, 3.8) is 0 Å². The van der Waals surface area contributed by atoms with Gasteiger partial charge in [-0.15, -0.1) is 0 Å². The summed E-state index contributed by atoms with van der Waals surface area (Å²) in [4.78, 5) is 0. The second kappa shape index (κ2) is 9.18. The van der Waals surface area contributed by atoms with Crippen LogP contribution in [0.25, 0.3) is 0 Å². The van der Waals surface area contributed by atoms with Crippen molar-refractivity contribution in [2.45, 2.75) is 78.8 Å². The second-order valence-corrected chi connectivity index (χ2v) is 6.48. The summed E-state index contributed by atoms with van der Waals surface area (Å²) < 4.78 is 0. The molecule has 1 heteroatoms. The van der Waals surface area contributed by atoms with E-state index in [4.69, 9.17) is 0 Å². The lowest BCUT2D eigenvalue weighted by molar-refractivity contribution is 0.410. The van der Waals surface area contributed by atoms with E-state index in [-0.39, 0.29) is 0 Å². The molecule has 114 valence electrons. The molecule has 0 aliphatic heterocycles. The molecular formula is C19H33N. The Hall–Kier alpha value is -0.820. The predicted molar refractivity (Wildman–Crippen MR) is 90.1 cm³/mol. The van der Waals surface area contributed by atoms with Crippen LogP contribution >= 0.6 is 0 Å². The Kier molecular flexibility index (Phi) is 7.91. The van der Waals surface area contributed by atoms with Gasteiger partial charge in [0.25, 0.3) is 0 Å². The van der Waals surface area contributed by atoms with Crippen LogP contribution in [0.3, 0.4) is 0 Å². The van der Waals surface area contributed by atoms with Gasteiger partial charge >= 0.3 is 0 Å². The number of hydrogen-bond acceptors (Lipinski definition) is 1. The van der Waals surface area contributed by atoms with Gasteiger partial charge in [-0.1, -0.05) is 64.8 Å². The zero-order valence-electron chi connectivity index (χ0n) is 14.1. The van der Waals surface area contributed by atoms with Crippen LogP contribution in [0.15, 0.2) is 24.3 Å². The summed E-state index contributed by atoms with van der Waals surface area (Å²) >= 11 is 0. The number of rotatable bonds is 9. The first-order valence-corrected chi connectivity index (χ1v) is 8.41. The third-order valence-corrected chi connectivity index (χ3v) is 4.01. The van der Waals surface area contributed by atoms with Crippen LogP contribution in [-0.4, -0.2) is 6.04 Å². The quantitative estimate of drug-likeness (QED) is 0.627. The van der Waals surface area contributed by atoms with Crippen molar-refractivity contribution < 1.29 is 0 Å². The Bertz CT molecular complexity index is 353. The van der Waals surface area contributed by atoms with E-state index in [9.17, 15) is 0 Å². The van der Waals surface area contributed by atoms with Crippen molar-refractivity contribution in [3.8, 4) is 0 Å². The van der Waals surface area contributed by atoms with E-state index in [0.29, 0.717) is 12.1 Å². The van der Waals surface area contributed by atoms with E-state index in [0.717, 1.165) is 5.92 Å². The summed E-state index contributed by atoms with van der Waals surface area (Å²) in [5.41, 5.74) is 2.86. The number of benzene rings is 1. The maximum atomic E-state index is 3.78. The molecule has 0 radical (unpaired) electrons.